The predicted octanol–water partition coefficient (Wildman–Crippen LogP) is 2.27. The van der Waals surface area contributed by atoms with Gasteiger partial charge in [0.25, 0.3) is 0 Å². The number of hydrogen-bond acceptors (Lipinski definition) is 2. The maximum absolute atomic E-state index is 13.2. The molecule has 2 aliphatic rings. The van der Waals surface area contributed by atoms with Crippen LogP contribution in [0.25, 0.3) is 0 Å². The molecule has 0 bridgehead atoms. The quantitative estimate of drug-likeness (QED) is 0.845. The average Bonchev–Trinajstić information content (AvgIpc) is 2.37. The van der Waals surface area contributed by atoms with Crippen molar-refractivity contribution in [3.8, 4) is 0 Å². The zero-order valence-electron chi connectivity index (χ0n) is 11.7. The van der Waals surface area contributed by atoms with E-state index in [1.54, 1.807) is 12.1 Å². The number of hydrogen-bond donors (Lipinski definition) is 0. The molecule has 2 fully saturated rings. The molecular formula is C16H21FN2O. The third kappa shape index (κ3) is 3.01. The van der Waals surface area contributed by atoms with E-state index in [1.165, 1.54) is 12.5 Å². The maximum Gasteiger partial charge on any atom is 0.225 e. The van der Waals surface area contributed by atoms with Gasteiger partial charge >= 0.3 is 0 Å². The highest BCUT2D eigenvalue weighted by molar-refractivity contribution is 5.79. The van der Waals surface area contributed by atoms with Gasteiger partial charge < -0.3 is 4.90 Å². The largest absolute Gasteiger partial charge is 0.340 e. The first-order chi connectivity index (χ1) is 9.72. The Hall–Kier alpha value is -1.42. The van der Waals surface area contributed by atoms with E-state index in [-0.39, 0.29) is 5.82 Å². The van der Waals surface area contributed by atoms with E-state index in [9.17, 15) is 9.18 Å². The minimum atomic E-state index is -0.179. The molecule has 1 heterocycles. The van der Waals surface area contributed by atoms with Crippen LogP contribution < -0.4 is 0 Å². The third-order valence-electron chi connectivity index (χ3n) is 4.43. The molecule has 0 radical (unpaired) electrons. The lowest BCUT2D eigenvalue weighted by atomic mass is 9.84. The summed E-state index contributed by atoms with van der Waals surface area (Å²) in [6, 6.07) is 6.76. The fourth-order valence-electron chi connectivity index (χ4n) is 2.93. The minimum Gasteiger partial charge on any atom is -0.340 e. The van der Waals surface area contributed by atoms with Crippen molar-refractivity contribution in [3.05, 3.63) is 35.6 Å². The fourth-order valence-corrected chi connectivity index (χ4v) is 2.93. The molecule has 1 amide bonds. The second kappa shape index (κ2) is 5.92. The Morgan fingerprint density at radius 2 is 1.95 bits per heavy atom. The van der Waals surface area contributed by atoms with E-state index in [1.807, 2.05) is 11.0 Å². The van der Waals surface area contributed by atoms with Crippen LogP contribution in [0.3, 0.4) is 0 Å². The van der Waals surface area contributed by atoms with Gasteiger partial charge in [0.2, 0.25) is 5.91 Å². The van der Waals surface area contributed by atoms with Crippen LogP contribution in [-0.2, 0) is 11.3 Å². The highest BCUT2D eigenvalue weighted by Crippen LogP contribution is 2.28. The van der Waals surface area contributed by atoms with Gasteiger partial charge in [-0.1, -0.05) is 18.6 Å². The molecule has 1 saturated heterocycles. The van der Waals surface area contributed by atoms with E-state index in [0.717, 1.165) is 51.1 Å². The van der Waals surface area contributed by atoms with Gasteiger partial charge in [-0.25, -0.2) is 4.39 Å². The fraction of sp³-hybridized carbons (Fsp3) is 0.562. The van der Waals surface area contributed by atoms with Crippen LogP contribution in [0.2, 0.25) is 0 Å². The van der Waals surface area contributed by atoms with E-state index in [0.29, 0.717) is 11.8 Å². The number of piperazine rings is 1. The molecule has 1 aliphatic heterocycles. The van der Waals surface area contributed by atoms with Crippen molar-refractivity contribution in [2.24, 2.45) is 5.92 Å². The molecule has 0 N–H and O–H groups in total. The summed E-state index contributed by atoms with van der Waals surface area (Å²) in [6.45, 7) is 4.16. The van der Waals surface area contributed by atoms with Crippen molar-refractivity contribution in [2.75, 3.05) is 26.2 Å². The minimum absolute atomic E-state index is 0.179. The van der Waals surface area contributed by atoms with Gasteiger partial charge in [-0.05, 0) is 30.5 Å². The molecule has 3 nitrogen and oxygen atoms in total. The second-order valence-electron chi connectivity index (χ2n) is 5.86. The molecule has 1 aromatic rings. The van der Waals surface area contributed by atoms with Crippen molar-refractivity contribution in [3.63, 3.8) is 0 Å². The third-order valence-corrected chi connectivity index (χ3v) is 4.43. The molecule has 20 heavy (non-hydrogen) atoms. The van der Waals surface area contributed by atoms with E-state index >= 15 is 0 Å². The second-order valence-corrected chi connectivity index (χ2v) is 5.86. The SMILES string of the molecule is O=C(C1CCC1)N1CCN(Cc2cccc(F)c2)CC1. The first kappa shape index (κ1) is 13.6. The number of nitrogens with zero attached hydrogens (tertiary/aromatic N) is 2. The van der Waals surface area contributed by atoms with Crippen LogP contribution >= 0.6 is 0 Å². The van der Waals surface area contributed by atoms with Crippen LogP contribution in [0.4, 0.5) is 4.39 Å². The van der Waals surface area contributed by atoms with Gasteiger partial charge in [0.05, 0.1) is 0 Å². The Balaban J connectivity index is 1.49. The summed E-state index contributed by atoms with van der Waals surface area (Å²) in [5, 5.41) is 0. The highest BCUT2D eigenvalue weighted by atomic mass is 19.1. The maximum atomic E-state index is 13.2. The van der Waals surface area contributed by atoms with Gasteiger partial charge in [0, 0.05) is 38.6 Å². The van der Waals surface area contributed by atoms with Crippen LogP contribution in [0.1, 0.15) is 24.8 Å². The zero-order valence-corrected chi connectivity index (χ0v) is 11.7. The van der Waals surface area contributed by atoms with Gasteiger partial charge in [-0.3, -0.25) is 9.69 Å². The molecule has 0 spiro atoms. The number of carbonyl (C=O) groups is 1. The zero-order chi connectivity index (χ0) is 13.9. The van der Waals surface area contributed by atoms with Crippen molar-refractivity contribution >= 4 is 5.91 Å². The first-order valence-corrected chi connectivity index (χ1v) is 7.48. The van der Waals surface area contributed by atoms with Crippen LogP contribution in [-0.4, -0.2) is 41.9 Å². The van der Waals surface area contributed by atoms with Gasteiger partial charge in [-0.15, -0.1) is 0 Å². The molecule has 3 rings (SSSR count). The summed E-state index contributed by atoms with van der Waals surface area (Å²) in [7, 11) is 0. The smallest absolute Gasteiger partial charge is 0.225 e. The lowest BCUT2D eigenvalue weighted by Crippen LogP contribution is -2.50. The van der Waals surface area contributed by atoms with Crippen molar-refractivity contribution in [1.29, 1.82) is 0 Å². The van der Waals surface area contributed by atoms with Gasteiger partial charge in [-0.2, -0.15) is 0 Å². The van der Waals surface area contributed by atoms with E-state index < -0.39 is 0 Å². The Morgan fingerprint density at radius 3 is 2.55 bits per heavy atom. The van der Waals surface area contributed by atoms with Gasteiger partial charge in [0.15, 0.2) is 0 Å². The normalized spacial score (nSPS) is 20.8. The molecular weight excluding hydrogens is 255 g/mol. The summed E-state index contributed by atoms with van der Waals surface area (Å²) in [4.78, 5) is 16.4. The van der Waals surface area contributed by atoms with Crippen LogP contribution in [0.15, 0.2) is 24.3 Å². The topological polar surface area (TPSA) is 23.6 Å². The average molecular weight is 276 g/mol. The van der Waals surface area contributed by atoms with E-state index in [4.69, 9.17) is 0 Å². The van der Waals surface area contributed by atoms with Gasteiger partial charge in [0.1, 0.15) is 5.82 Å². The highest BCUT2D eigenvalue weighted by Gasteiger charge is 2.31. The number of benzene rings is 1. The predicted molar refractivity (Wildman–Crippen MR) is 75.6 cm³/mol. The Kier molecular flexibility index (Phi) is 4.01. The summed E-state index contributed by atoms with van der Waals surface area (Å²) in [5.74, 6) is 0.465. The summed E-state index contributed by atoms with van der Waals surface area (Å²) < 4.78 is 13.2. The number of halogens is 1. The van der Waals surface area contributed by atoms with Crippen molar-refractivity contribution in [1.82, 2.24) is 9.80 Å². The molecule has 1 saturated carbocycles. The Labute approximate surface area is 119 Å². The van der Waals surface area contributed by atoms with Crippen molar-refractivity contribution < 1.29 is 9.18 Å². The Morgan fingerprint density at radius 1 is 1.20 bits per heavy atom. The molecule has 1 aliphatic carbocycles. The lowest BCUT2D eigenvalue weighted by molar-refractivity contribution is -0.140. The van der Waals surface area contributed by atoms with E-state index in [2.05, 4.69) is 4.90 Å². The monoisotopic (exact) mass is 276 g/mol. The summed E-state index contributed by atoms with van der Waals surface area (Å²) in [5.41, 5.74) is 1.00. The lowest BCUT2D eigenvalue weighted by Gasteiger charge is -2.38. The number of rotatable bonds is 3. The number of amides is 1. The van der Waals surface area contributed by atoms with Crippen LogP contribution in [0.5, 0.6) is 0 Å². The first-order valence-electron chi connectivity index (χ1n) is 7.48. The summed E-state index contributed by atoms with van der Waals surface area (Å²) >= 11 is 0. The molecule has 108 valence electrons. The summed E-state index contributed by atoms with van der Waals surface area (Å²) in [6.07, 6.45) is 3.35. The van der Waals surface area contributed by atoms with Crippen molar-refractivity contribution in [2.45, 2.75) is 25.8 Å². The molecule has 0 atom stereocenters. The molecule has 0 unspecified atom stereocenters. The Bertz CT molecular complexity index is 479. The number of carbonyl (C=O) groups excluding carboxylic acids is 1. The molecule has 4 heteroatoms. The molecule has 1 aromatic carbocycles. The van der Waals surface area contributed by atoms with Crippen LogP contribution in [0, 0.1) is 11.7 Å². The molecule has 0 aromatic heterocycles. The standard InChI is InChI=1S/C16H21FN2O/c17-15-6-1-3-13(11-15)12-18-7-9-19(10-8-18)16(20)14-4-2-5-14/h1,3,6,11,14H,2,4-5,7-10,12H2.